The minimum atomic E-state index is -4.52. The fourth-order valence-electron chi connectivity index (χ4n) is 3.88. The van der Waals surface area contributed by atoms with Gasteiger partial charge in [-0.2, -0.15) is 18.4 Å². The van der Waals surface area contributed by atoms with Crippen LogP contribution in [0.4, 0.5) is 24.7 Å². The molecule has 2 aromatic rings. The van der Waals surface area contributed by atoms with Gasteiger partial charge in [-0.05, 0) is 61.8 Å². The van der Waals surface area contributed by atoms with Gasteiger partial charge in [-0.25, -0.2) is 9.97 Å². The fraction of sp³-hybridized carbons (Fsp3) is 0.364. The molecule has 1 aliphatic carbocycles. The number of halogens is 3. The molecule has 0 atom stereocenters. The lowest BCUT2D eigenvalue weighted by molar-refractivity contribution is -0.141. The normalized spacial score (nSPS) is 16.5. The summed E-state index contributed by atoms with van der Waals surface area (Å²) < 4.78 is 38.4. The Kier molecular flexibility index (Phi) is 6.59. The highest BCUT2D eigenvalue weighted by molar-refractivity contribution is 6.04. The van der Waals surface area contributed by atoms with Crippen molar-refractivity contribution < 1.29 is 18.0 Å². The van der Waals surface area contributed by atoms with Crippen molar-refractivity contribution in [1.29, 1.82) is 5.26 Å². The maximum absolute atomic E-state index is 12.8. The highest BCUT2D eigenvalue weighted by atomic mass is 19.4. The molecule has 1 fully saturated rings. The summed E-state index contributed by atoms with van der Waals surface area (Å²) >= 11 is 0. The maximum Gasteiger partial charge on any atom is 0.433 e. The van der Waals surface area contributed by atoms with Crippen LogP contribution in [-0.4, -0.2) is 15.9 Å². The summed E-state index contributed by atoms with van der Waals surface area (Å²) in [7, 11) is 0. The van der Waals surface area contributed by atoms with E-state index in [-0.39, 0.29) is 23.3 Å². The van der Waals surface area contributed by atoms with E-state index in [0.29, 0.717) is 48.9 Å². The minimum absolute atomic E-state index is 0.00225. The highest BCUT2D eigenvalue weighted by Crippen LogP contribution is 2.40. The van der Waals surface area contributed by atoms with Gasteiger partial charge >= 0.3 is 6.18 Å². The number of nitrogen functional groups attached to an aromatic ring is 1. The molecule has 1 amide bonds. The van der Waals surface area contributed by atoms with Crippen molar-refractivity contribution in [2.45, 2.75) is 51.1 Å². The number of anilines is 2. The Morgan fingerprint density at radius 2 is 1.97 bits per heavy atom. The number of allylic oxidation sites excluding steroid dienone is 1. The van der Waals surface area contributed by atoms with Crippen LogP contribution in [0.25, 0.3) is 0 Å². The fourth-order valence-corrected chi connectivity index (χ4v) is 3.88. The van der Waals surface area contributed by atoms with Gasteiger partial charge < -0.3 is 11.1 Å². The minimum Gasteiger partial charge on any atom is -0.383 e. The van der Waals surface area contributed by atoms with E-state index in [9.17, 15) is 18.0 Å². The van der Waals surface area contributed by atoms with Crippen LogP contribution in [0.3, 0.4) is 0 Å². The van der Waals surface area contributed by atoms with Crippen molar-refractivity contribution in [2.24, 2.45) is 0 Å². The topological polar surface area (TPSA) is 105 Å². The van der Waals surface area contributed by atoms with Gasteiger partial charge in [-0.3, -0.25) is 4.79 Å². The number of hydrogen-bond acceptors (Lipinski definition) is 5. The molecule has 31 heavy (non-hydrogen) atoms. The van der Waals surface area contributed by atoms with Crippen LogP contribution < -0.4 is 11.1 Å². The Labute approximate surface area is 178 Å². The van der Waals surface area contributed by atoms with Crippen molar-refractivity contribution in [3.8, 4) is 6.07 Å². The third-order valence-corrected chi connectivity index (χ3v) is 5.47. The summed E-state index contributed by atoms with van der Waals surface area (Å²) in [6, 6.07) is 7.45. The number of alkyl halides is 3. The molecule has 1 aliphatic rings. The molecule has 9 heteroatoms. The summed E-state index contributed by atoms with van der Waals surface area (Å²) in [5.74, 6) is -0.297. The molecule has 2 aromatic heterocycles. The molecule has 0 bridgehead atoms. The number of nitrogens with two attached hydrogens (primary N) is 1. The van der Waals surface area contributed by atoms with E-state index in [0.717, 1.165) is 11.6 Å². The molecular weight excluding hydrogens is 407 g/mol. The second-order valence-electron chi connectivity index (χ2n) is 7.38. The quantitative estimate of drug-likeness (QED) is 0.669. The van der Waals surface area contributed by atoms with E-state index in [1.807, 2.05) is 13.0 Å². The molecule has 6 nitrogen and oxygen atoms in total. The van der Waals surface area contributed by atoms with Crippen LogP contribution >= 0.6 is 0 Å². The number of carbonyl (C=O) groups is 1. The van der Waals surface area contributed by atoms with Gasteiger partial charge in [0.15, 0.2) is 0 Å². The zero-order valence-corrected chi connectivity index (χ0v) is 17.0. The predicted molar refractivity (Wildman–Crippen MR) is 110 cm³/mol. The Hall–Kier alpha value is -3.41. The first-order valence-electron chi connectivity index (χ1n) is 9.95. The number of pyridine rings is 2. The van der Waals surface area contributed by atoms with Crippen LogP contribution in [0.2, 0.25) is 0 Å². The van der Waals surface area contributed by atoms with E-state index in [1.165, 1.54) is 18.3 Å². The first kappa shape index (κ1) is 22.3. The van der Waals surface area contributed by atoms with Crippen LogP contribution in [0.1, 0.15) is 61.9 Å². The predicted octanol–water partition coefficient (Wildman–Crippen LogP) is 4.95. The summed E-state index contributed by atoms with van der Waals surface area (Å²) in [5.41, 5.74) is 7.95. The third-order valence-electron chi connectivity index (χ3n) is 5.47. The molecule has 3 rings (SSSR count). The van der Waals surface area contributed by atoms with E-state index in [2.05, 4.69) is 15.3 Å². The van der Waals surface area contributed by atoms with Crippen molar-refractivity contribution in [1.82, 2.24) is 9.97 Å². The second-order valence-corrected chi connectivity index (χ2v) is 7.38. The molecule has 0 saturated heterocycles. The molecule has 0 radical (unpaired) electrons. The average molecular weight is 429 g/mol. The van der Waals surface area contributed by atoms with Gasteiger partial charge in [0.1, 0.15) is 23.3 Å². The molecule has 162 valence electrons. The van der Waals surface area contributed by atoms with Crippen molar-refractivity contribution >= 4 is 17.4 Å². The lowest BCUT2D eigenvalue weighted by Crippen LogP contribution is -2.19. The number of amides is 1. The SMILES string of the molecule is CCC(C(=O)Nc1ccc(C#N)nc1)=C1CCC(c2ccc(C(F)(F)F)nc2N)CC1. The summed E-state index contributed by atoms with van der Waals surface area (Å²) in [5, 5.41) is 11.6. The smallest absolute Gasteiger partial charge is 0.383 e. The van der Waals surface area contributed by atoms with E-state index < -0.39 is 11.9 Å². The number of rotatable bonds is 4. The zero-order chi connectivity index (χ0) is 22.6. The first-order chi connectivity index (χ1) is 14.7. The largest absolute Gasteiger partial charge is 0.433 e. The Morgan fingerprint density at radius 3 is 2.48 bits per heavy atom. The summed E-state index contributed by atoms with van der Waals surface area (Å²) in [6.45, 7) is 1.91. The monoisotopic (exact) mass is 429 g/mol. The number of aromatic nitrogens is 2. The highest BCUT2D eigenvalue weighted by Gasteiger charge is 2.33. The number of nitriles is 1. The van der Waals surface area contributed by atoms with E-state index >= 15 is 0 Å². The van der Waals surface area contributed by atoms with Gasteiger partial charge in [0.25, 0.3) is 5.91 Å². The van der Waals surface area contributed by atoms with Gasteiger partial charge in [0.05, 0.1) is 11.9 Å². The van der Waals surface area contributed by atoms with E-state index in [1.54, 1.807) is 6.07 Å². The molecular formula is C22H22F3N5O. The molecule has 0 aliphatic heterocycles. The van der Waals surface area contributed by atoms with Crippen LogP contribution in [0, 0.1) is 11.3 Å². The standard InChI is InChI=1S/C22H22F3N5O/c1-2-17(21(31)29-16-8-7-15(11-26)28-12-16)13-3-5-14(6-4-13)18-9-10-19(22(23,24)25)30-20(18)27/h7-10,12,14H,2-6H2,1H3,(H2,27,30)(H,29,31). The van der Waals surface area contributed by atoms with Crippen LogP contribution in [0.5, 0.6) is 0 Å². The van der Waals surface area contributed by atoms with Gasteiger partial charge in [0, 0.05) is 5.57 Å². The Balaban J connectivity index is 1.70. The van der Waals surface area contributed by atoms with Crippen LogP contribution in [0.15, 0.2) is 41.6 Å². The summed E-state index contributed by atoms with van der Waals surface area (Å²) in [4.78, 5) is 20.2. The van der Waals surface area contributed by atoms with Crippen LogP contribution in [-0.2, 0) is 11.0 Å². The molecule has 2 heterocycles. The van der Waals surface area contributed by atoms with Gasteiger partial charge in [-0.1, -0.05) is 18.6 Å². The molecule has 0 aromatic carbocycles. The maximum atomic E-state index is 12.8. The molecule has 1 saturated carbocycles. The lowest BCUT2D eigenvalue weighted by atomic mass is 9.79. The number of carbonyl (C=O) groups excluding carboxylic acids is 1. The second kappa shape index (κ2) is 9.16. The van der Waals surface area contributed by atoms with Gasteiger partial charge in [-0.15, -0.1) is 0 Å². The lowest BCUT2D eigenvalue weighted by Gasteiger charge is -2.27. The molecule has 0 spiro atoms. The number of hydrogen-bond donors (Lipinski definition) is 2. The van der Waals surface area contributed by atoms with E-state index in [4.69, 9.17) is 11.0 Å². The van der Waals surface area contributed by atoms with Crippen molar-refractivity contribution in [3.63, 3.8) is 0 Å². The average Bonchev–Trinajstić information content (AvgIpc) is 2.75. The molecule has 3 N–H and O–H groups in total. The first-order valence-corrected chi connectivity index (χ1v) is 9.95. The Bertz CT molecular complexity index is 1030. The summed E-state index contributed by atoms with van der Waals surface area (Å²) in [6.07, 6.45) is 0.151. The Morgan fingerprint density at radius 1 is 1.26 bits per heavy atom. The third kappa shape index (κ3) is 5.20. The van der Waals surface area contributed by atoms with Crippen molar-refractivity contribution in [2.75, 3.05) is 11.1 Å². The number of nitrogens with one attached hydrogen (secondary N) is 1. The van der Waals surface area contributed by atoms with Gasteiger partial charge in [0.2, 0.25) is 0 Å². The number of nitrogens with zero attached hydrogens (tertiary/aromatic N) is 3. The molecule has 0 unspecified atom stereocenters. The zero-order valence-electron chi connectivity index (χ0n) is 17.0. The van der Waals surface area contributed by atoms with Crippen molar-refractivity contribution in [3.05, 3.63) is 58.6 Å².